The Kier molecular flexibility index (Phi) is 4.24. The van der Waals surface area contributed by atoms with E-state index in [0.29, 0.717) is 6.54 Å². The van der Waals surface area contributed by atoms with Crippen LogP contribution in [-0.2, 0) is 13.6 Å². The van der Waals surface area contributed by atoms with Gasteiger partial charge >= 0.3 is 6.03 Å². The molecule has 0 saturated heterocycles. The molecule has 106 valence electrons. The summed E-state index contributed by atoms with van der Waals surface area (Å²) in [6, 6.07) is 4.03. The zero-order valence-electron chi connectivity index (χ0n) is 11.1. The van der Waals surface area contributed by atoms with Gasteiger partial charge in [0.2, 0.25) is 0 Å². The van der Waals surface area contributed by atoms with Gasteiger partial charge in [-0.1, -0.05) is 17.7 Å². The predicted molar refractivity (Wildman–Crippen MR) is 75.1 cm³/mol. The number of hydrogen-bond donors (Lipinski definition) is 1. The fourth-order valence-electron chi connectivity index (χ4n) is 1.71. The Morgan fingerprint density at radius 3 is 2.95 bits per heavy atom. The van der Waals surface area contributed by atoms with E-state index in [0.717, 1.165) is 5.56 Å². The lowest BCUT2D eigenvalue weighted by Crippen LogP contribution is -2.31. The molecule has 1 aromatic carbocycles. The molecular formula is C13H14ClFN4O. The summed E-state index contributed by atoms with van der Waals surface area (Å²) in [4.78, 5) is 13.4. The third-order valence-electron chi connectivity index (χ3n) is 2.72. The topological polar surface area (TPSA) is 50.2 Å². The van der Waals surface area contributed by atoms with Gasteiger partial charge < -0.3 is 10.2 Å². The van der Waals surface area contributed by atoms with Crippen LogP contribution in [0, 0.1) is 5.82 Å². The molecule has 1 N–H and O–H groups in total. The van der Waals surface area contributed by atoms with E-state index < -0.39 is 11.8 Å². The summed E-state index contributed by atoms with van der Waals surface area (Å²) in [5.74, 6) is -0.641. The lowest BCUT2D eigenvalue weighted by atomic mass is 10.3. The monoisotopic (exact) mass is 296 g/mol. The van der Waals surface area contributed by atoms with E-state index in [2.05, 4.69) is 10.4 Å². The van der Waals surface area contributed by atoms with Crippen molar-refractivity contribution >= 4 is 23.3 Å². The van der Waals surface area contributed by atoms with Crippen molar-refractivity contribution in [1.82, 2.24) is 14.7 Å². The Hall–Kier alpha value is -2.08. The number of urea groups is 1. The zero-order valence-corrected chi connectivity index (χ0v) is 11.9. The van der Waals surface area contributed by atoms with E-state index in [-0.39, 0.29) is 10.7 Å². The molecule has 5 nitrogen and oxygen atoms in total. The summed E-state index contributed by atoms with van der Waals surface area (Å²) in [5, 5.41) is 6.47. The molecule has 2 amide bonds. The molecule has 0 radical (unpaired) electrons. The molecule has 0 atom stereocenters. The molecule has 0 aliphatic carbocycles. The number of halogens is 2. The average molecular weight is 297 g/mol. The highest BCUT2D eigenvalue weighted by Crippen LogP contribution is 2.22. The quantitative estimate of drug-likeness (QED) is 0.947. The Balaban J connectivity index is 2.02. The minimum atomic E-state index is -0.641. The molecule has 0 aliphatic heterocycles. The molecule has 7 heteroatoms. The summed E-state index contributed by atoms with van der Waals surface area (Å²) in [6.45, 7) is 0.377. The lowest BCUT2D eigenvalue weighted by Gasteiger charge is -2.17. The summed E-state index contributed by atoms with van der Waals surface area (Å²) >= 11 is 5.66. The van der Waals surface area contributed by atoms with Crippen molar-refractivity contribution in [3.8, 4) is 0 Å². The number of rotatable bonds is 3. The number of hydrogen-bond acceptors (Lipinski definition) is 2. The van der Waals surface area contributed by atoms with Gasteiger partial charge in [0, 0.05) is 25.9 Å². The maximum atomic E-state index is 13.7. The predicted octanol–water partition coefficient (Wildman–Crippen LogP) is 2.88. The van der Waals surface area contributed by atoms with Gasteiger partial charge in [-0.05, 0) is 12.1 Å². The maximum absolute atomic E-state index is 13.7. The van der Waals surface area contributed by atoms with Crippen LogP contribution >= 0.6 is 11.6 Å². The van der Waals surface area contributed by atoms with Crippen molar-refractivity contribution < 1.29 is 9.18 Å². The van der Waals surface area contributed by atoms with Crippen molar-refractivity contribution in [2.45, 2.75) is 6.54 Å². The Bertz CT molecular complexity index is 629. The standard InChI is InChI=1S/C13H14ClFN4O/c1-18(7-9-6-16-19(2)8-9)13(20)17-11-5-3-4-10(14)12(11)15/h3-6,8H,7H2,1-2H3,(H,17,20). The van der Waals surface area contributed by atoms with Gasteiger partial charge in [-0.15, -0.1) is 0 Å². The van der Waals surface area contributed by atoms with E-state index in [1.807, 2.05) is 6.20 Å². The number of carbonyl (C=O) groups excluding carboxylic acids is 1. The van der Waals surface area contributed by atoms with Crippen LogP contribution in [0.25, 0.3) is 0 Å². The third kappa shape index (κ3) is 3.27. The van der Waals surface area contributed by atoms with Crippen molar-refractivity contribution in [3.63, 3.8) is 0 Å². The lowest BCUT2D eigenvalue weighted by molar-refractivity contribution is 0.220. The molecule has 0 aliphatic rings. The molecule has 0 spiro atoms. The van der Waals surface area contributed by atoms with Gasteiger partial charge in [0.15, 0.2) is 5.82 Å². The average Bonchev–Trinajstić information content (AvgIpc) is 2.80. The second-order valence-electron chi connectivity index (χ2n) is 4.41. The van der Waals surface area contributed by atoms with Crippen molar-refractivity contribution in [3.05, 3.63) is 47.0 Å². The SMILES string of the molecule is CN(Cc1cnn(C)c1)C(=O)Nc1cccc(Cl)c1F. The van der Waals surface area contributed by atoms with Gasteiger partial charge in [0.25, 0.3) is 0 Å². The van der Waals surface area contributed by atoms with Crippen LogP contribution < -0.4 is 5.32 Å². The van der Waals surface area contributed by atoms with Crippen molar-refractivity contribution in [2.24, 2.45) is 7.05 Å². The normalized spacial score (nSPS) is 10.4. The third-order valence-corrected chi connectivity index (χ3v) is 3.01. The highest BCUT2D eigenvalue weighted by atomic mass is 35.5. The van der Waals surface area contributed by atoms with Crippen LogP contribution in [0.1, 0.15) is 5.56 Å². The first kappa shape index (κ1) is 14.3. The maximum Gasteiger partial charge on any atom is 0.321 e. The van der Waals surface area contributed by atoms with Gasteiger partial charge in [-0.2, -0.15) is 5.10 Å². The Morgan fingerprint density at radius 2 is 2.30 bits per heavy atom. The van der Waals surface area contributed by atoms with E-state index in [4.69, 9.17) is 11.6 Å². The summed E-state index contributed by atoms with van der Waals surface area (Å²) in [6.07, 6.45) is 3.48. The number of nitrogens with zero attached hydrogens (tertiary/aromatic N) is 3. The fourth-order valence-corrected chi connectivity index (χ4v) is 1.88. The molecule has 2 aromatic rings. The fraction of sp³-hybridized carbons (Fsp3) is 0.231. The van der Waals surface area contributed by atoms with Crippen molar-refractivity contribution in [1.29, 1.82) is 0 Å². The van der Waals surface area contributed by atoms with E-state index in [1.54, 1.807) is 31.0 Å². The molecule has 1 aromatic heterocycles. The molecule has 0 unspecified atom stereocenters. The molecular weight excluding hydrogens is 283 g/mol. The summed E-state index contributed by atoms with van der Waals surface area (Å²) in [7, 11) is 3.41. The number of benzene rings is 1. The van der Waals surface area contributed by atoms with Gasteiger partial charge in [-0.3, -0.25) is 4.68 Å². The first-order chi connectivity index (χ1) is 9.47. The summed E-state index contributed by atoms with van der Waals surface area (Å²) in [5.41, 5.74) is 0.942. The van der Waals surface area contributed by atoms with Crippen LogP contribution in [0.15, 0.2) is 30.6 Å². The van der Waals surface area contributed by atoms with E-state index >= 15 is 0 Å². The number of carbonyl (C=O) groups is 1. The van der Waals surface area contributed by atoms with Crippen LogP contribution in [0.2, 0.25) is 5.02 Å². The van der Waals surface area contributed by atoms with Crippen molar-refractivity contribution in [2.75, 3.05) is 12.4 Å². The Morgan fingerprint density at radius 1 is 1.55 bits per heavy atom. The van der Waals surface area contributed by atoms with Gasteiger partial charge in [0.05, 0.1) is 23.5 Å². The molecule has 20 heavy (non-hydrogen) atoms. The largest absolute Gasteiger partial charge is 0.323 e. The van der Waals surface area contributed by atoms with Crippen LogP contribution in [-0.4, -0.2) is 27.8 Å². The Labute approximate surface area is 120 Å². The number of aromatic nitrogens is 2. The number of nitrogens with one attached hydrogen (secondary N) is 1. The minimum absolute atomic E-state index is 0.0299. The van der Waals surface area contributed by atoms with Crippen LogP contribution in [0.5, 0.6) is 0 Å². The van der Waals surface area contributed by atoms with E-state index in [9.17, 15) is 9.18 Å². The first-order valence-electron chi connectivity index (χ1n) is 5.91. The number of anilines is 1. The zero-order chi connectivity index (χ0) is 14.7. The van der Waals surface area contributed by atoms with Gasteiger partial charge in [0.1, 0.15) is 0 Å². The number of amides is 2. The summed E-state index contributed by atoms with van der Waals surface area (Å²) < 4.78 is 15.3. The molecule has 2 rings (SSSR count). The highest BCUT2D eigenvalue weighted by Gasteiger charge is 2.13. The molecule has 1 heterocycles. The molecule has 0 bridgehead atoms. The van der Waals surface area contributed by atoms with Crippen LogP contribution in [0.3, 0.4) is 0 Å². The molecule has 0 fully saturated rings. The second kappa shape index (κ2) is 5.92. The first-order valence-corrected chi connectivity index (χ1v) is 6.29. The second-order valence-corrected chi connectivity index (χ2v) is 4.82. The van der Waals surface area contributed by atoms with Crippen LogP contribution in [0.4, 0.5) is 14.9 Å². The minimum Gasteiger partial charge on any atom is -0.323 e. The van der Waals surface area contributed by atoms with Gasteiger partial charge in [-0.25, -0.2) is 9.18 Å². The molecule has 0 saturated carbocycles. The highest BCUT2D eigenvalue weighted by molar-refractivity contribution is 6.31. The number of aryl methyl sites for hydroxylation is 1. The smallest absolute Gasteiger partial charge is 0.321 e. The van der Waals surface area contributed by atoms with E-state index in [1.165, 1.54) is 17.0 Å².